The van der Waals surface area contributed by atoms with Crippen molar-refractivity contribution in [2.24, 2.45) is 0 Å². The third kappa shape index (κ3) is 3.43. The average Bonchev–Trinajstić information content (AvgIpc) is 3.27. The van der Waals surface area contributed by atoms with Gasteiger partial charge in [0.1, 0.15) is 18.2 Å². The molecular weight excluding hydrogens is 392 g/mol. The number of hydrogen-bond acceptors (Lipinski definition) is 7. The van der Waals surface area contributed by atoms with Gasteiger partial charge < -0.3 is 15.2 Å². The van der Waals surface area contributed by atoms with Crippen LogP contribution < -0.4 is 10.1 Å². The maximum Gasteiger partial charge on any atom is 0.299 e. The maximum atomic E-state index is 10.3. The molecule has 0 atom stereocenters. The van der Waals surface area contributed by atoms with Gasteiger partial charge in [-0.1, -0.05) is 12.1 Å². The van der Waals surface area contributed by atoms with Crippen molar-refractivity contribution in [3.05, 3.63) is 54.1 Å². The monoisotopic (exact) mass is 416 g/mol. The van der Waals surface area contributed by atoms with Gasteiger partial charge in [-0.15, -0.1) is 0 Å². The number of phenolic OH excluding ortho intramolecular Hbond substituents is 1. The zero-order valence-corrected chi connectivity index (χ0v) is 17.8. The number of anilines is 1. The van der Waals surface area contributed by atoms with Crippen molar-refractivity contribution in [3.8, 4) is 22.9 Å². The molecule has 158 valence electrons. The second-order valence-corrected chi connectivity index (χ2v) is 8.39. The molecule has 0 amide bonds. The molecule has 0 bridgehead atoms. The molecule has 1 aliphatic rings. The van der Waals surface area contributed by atoms with Crippen molar-refractivity contribution in [2.45, 2.75) is 32.7 Å². The van der Waals surface area contributed by atoms with Crippen LogP contribution in [0.25, 0.3) is 22.3 Å². The molecule has 0 spiro atoms. The van der Waals surface area contributed by atoms with Gasteiger partial charge in [-0.25, -0.2) is 9.97 Å². The van der Waals surface area contributed by atoms with Gasteiger partial charge in [0.05, 0.1) is 5.54 Å². The number of hydrogen-bond donors (Lipinski definition) is 2. The number of aromatic hydroxyl groups is 1. The summed E-state index contributed by atoms with van der Waals surface area (Å²) in [6.45, 7) is 7.35. The Kier molecular flexibility index (Phi) is 4.50. The van der Waals surface area contributed by atoms with Crippen LogP contribution in [-0.2, 0) is 12.0 Å². The summed E-state index contributed by atoms with van der Waals surface area (Å²) < 4.78 is 7.81. The maximum absolute atomic E-state index is 10.3. The van der Waals surface area contributed by atoms with Gasteiger partial charge in [-0.2, -0.15) is 4.98 Å². The minimum Gasteiger partial charge on any atom is -0.507 e. The number of aromatic nitrogens is 5. The molecule has 31 heavy (non-hydrogen) atoms. The van der Waals surface area contributed by atoms with Gasteiger partial charge in [0, 0.05) is 30.1 Å². The smallest absolute Gasteiger partial charge is 0.299 e. The predicted octanol–water partition coefficient (Wildman–Crippen LogP) is 3.68. The van der Waals surface area contributed by atoms with Crippen LogP contribution in [0.1, 0.15) is 25.2 Å². The van der Waals surface area contributed by atoms with Crippen molar-refractivity contribution < 1.29 is 9.84 Å². The minimum atomic E-state index is -0.198. The number of ether oxygens (including phenoxy) is 1. The quantitative estimate of drug-likeness (QED) is 0.512. The normalized spacial score (nSPS) is 14.4. The highest BCUT2D eigenvalue weighted by Crippen LogP contribution is 2.36. The molecule has 0 aliphatic carbocycles. The van der Waals surface area contributed by atoms with Crippen molar-refractivity contribution in [1.82, 2.24) is 24.5 Å². The van der Waals surface area contributed by atoms with E-state index in [9.17, 15) is 5.11 Å². The Bertz CT molecular complexity index is 1270. The van der Waals surface area contributed by atoms with Crippen LogP contribution in [0.5, 0.6) is 11.8 Å². The zero-order valence-electron chi connectivity index (χ0n) is 17.8. The number of nitrogens with one attached hydrogen (secondary N) is 1. The summed E-state index contributed by atoms with van der Waals surface area (Å²) in [6, 6.07) is 10.0. The second kappa shape index (κ2) is 7.23. The third-order valence-electron chi connectivity index (χ3n) is 5.49. The summed E-state index contributed by atoms with van der Waals surface area (Å²) in [6.07, 6.45) is 4.23. The number of benzene rings is 1. The van der Waals surface area contributed by atoms with Crippen LogP contribution >= 0.6 is 0 Å². The van der Waals surface area contributed by atoms with Crippen LogP contribution in [0, 0.1) is 6.92 Å². The summed E-state index contributed by atoms with van der Waals surface area (Å²) in [4.78, 5) is 18.0. The first-order chi connectivity index (χ1) is 14.9. The molecule has 8 nitrogen and oxygen atoms in total. The molecule has 5 rings (SSSR count). The SMILES string of the molecule is Cc1nc(NCCc2ccc(O)c(-c3cccnc3)c2)c2nc3n(c2n1)C(C)(C)CO3. The van der Waals surface area contributed by atoms with Gasteiger partial charge in [0.2, 0.25) is 0 Å². The number of pyridine rings is 1. The van der Waals surface area contributed by atoms with E-state index in [-0.39, 0.29) is 11.3 Å². The van der Waals surface area contributed by atoms with Gasteiger partial charge >= 0.3 is 0 Å². The molecule has 4 heterocycles. The van der Waals surface area contributed by atoms with Gasteiger partial charge in [0.25, 0.3) is 6.01 Å². The minimum absolute atomic E-state index is 0.198. The van der Waals surface area contributed by atoms with E-state index in [0.717, 1.165) is 34.3 Å². The van der Waals surface area contributed by atoms with Gasteiger partial charge in [0.15, 0.2) is 17.0 Å². The molecule has 0 fully saturated rings. The van der Waals surface area contributed by atoms with Crippen molar-refractivity contribution in [2.75, 3.05) is 18.5 Å². The summed E-state index contributed by atoms with van der Waals surface area (Å²) >= 11 is 0. The van der Waals surface area contributed by atoms with E-state index in [2.05, 4.69) is 39.1 Å². The van der Waals surface area contributed by atoms with Crippen LogP contribution in [0.15, 0.2) is 42.7 Å². The lowest BCUT2D eigenvalue weighted by atomic mass is 10.0. The largest absolute Gasteiger partial charge is 0.507 e. The second-order valence-electron chi connectivity index (χ2n) is 8.39. The Morgan fingerprint density at radius 1 is 1.19 bits per heavy atom. The highest BCUT2D eigenvalue weighted by atomic mass is 16.5. The van der Waals surface area contributed by atoms with Gasteiger partial charge in [-0.3, -0.25) is 9.55 Å². The highest BCUT2D eigenvalue weighted by Gasteiger charge is 2.35. The van der Waals surface area contributed by atoms with E-state index in [0.29, 0.717) is 30.8 Å². The first kappa shape index (κ1) is 19.3. The van der Waals surface area contributed by atoms with E-state index >= 15 is 0 Å². The van der Waals surface area contributed by atoms with Crippen molar-refractivity contribution in [3.63, 3.8) is 0 Å². The number of fused-ring (bicyclic) bond motifs is 3. The molecule has 0 saturated heterocycles. The summed E-state index contributed by atoms with van der Waals surface area (Å²) in [7, 11) is 0. The number of rotatable bonds is 5. The molecule has 0 saturated carbocycles. The van der Waals surface area contributed by atoms with Crippen LogP contribution in [0.2, 0.25) is 0 Å². The van der Waals surface area contributed by atoms with E-state index in [1.165, 1.54) is 0 Å². The van der Waals surface area contributed by atoms with Crippen LogP contribution in [-0.4, -0.2) is 42.8 Å². The standard InChI is InChI=1S/C23H24N6O2/c1-14-26-20(19-21(27-14)29-22(28-19)31-13-23(29,2)3)25-10-8-15-6-7-18(30)17(11-15)16-5-4-9-24-12-16/h4-7,9,11-12,30H,8,10,13H2,1-3H3,(H,25,26,27). The highest BCUT2D eigenvalue weighted by molar-refractivity contribution is 5.84. The van der Waals surface area contributed by atoms with E-state index < -0.39 is 0 Å². The Balaban J connectivity index is 1.38. The van der Waals surface area contributed by atoms with Crippen molar-refractivity contribution in [1.29, 1.82) is 0 Å². The Hall–Kier alpha value is -3.68. The van der Waals surface area contributed by atoms with Gasteiger partial charge in [-0.05, 0) is 51.0 Å². The average molecular weight is 416 g/mol. The molecule has 4 aromatic rings. The molecule has 1 aromatic carbocycles. The van der Waals surface area contributed by atoms with E-state index in [4.69, 9.17) is 4.74 Å². The lowest BCUT2D eigenvalue weighted by Crippen LogP contribution is -2.26. The fourth-order valence-corrected chi connectivity index (χ4v) is 3.94. The van der Waals surface area contributed by atoms with Crippen LogP contribution in [0.4, 0.5) is 5.82 Å². The summed E-state index contributed by atoms with van der Waals surface area (Å²) in [5, 5.41) is 13.7. The predicted molar refractivity (Wildman–Crippen MR) is 118 cm³/mol. The molecule has 0 radical (unpaired) electrons. The molecule has 2 N–H and O–H groups in total. The number of phenols is 1. The van der Waals surface area contributed by atoms with Crippen molar-refractivity contribution >= 4 is 17.0 Å². The fraction of sp³-hybridized carbons (Fsp3) is 0.304. The summed E-state index contributed by atoms with van der Waals surface area (Å²) in [5.41, 5.74) is 4.07. The van der Waals surface area contributed by atoms with E-state index in [1.54, 1.807) is 18.5 Å². The Labute approximate surface area is 180 Å². The third-order valence-corrected chi connectivity index (χ3v) is 5.49. The molecule has 3 aromatic heterocycles. The fourth-order valence-electron chi connectivity index (χ4n) is 3.94. The molecule has 1 aliphatic heterocycles. The lowest BCUT2D eigenvalue weighted by molar-refractivity contribution is 0.268. The molecule has 0 unspecified atom stereocenters. The molecule has 8 heteroatoms. The van der Waals surface area contributed by atoms with E-state index in [1.807, 2.05) is 35.8 Å². The van der Waals surface area contributed by atoms with Crippen LogP contribution in [0.3, 0.4) is 0 Å². The Morgan fingerprint density at radius 2 is 2.06 bits per heavy atom. The lowest BCUT2D eigenvalue weighted by Gasteiger charge is -2.18. The number of aryl methyl sites for hydroxylation is 1. The topological polar surface area (TPSA) is 98.0 Å². The number of nitrogens with zero attached hydrogens (tertiary/aromatic N) is 5. The number of imidazole rings is 1. The Morgan fingerprint density at radius 3 is 2.87 bits per heavy atom. The molecular formula is C23H24N6O2. The first-order valence-electron chi connectivity index (χ1n) is 10.3. The zero-order chi connectivity index (χ0) is 21.6. The first-order valence-corrected chi connectivity index (χ1v) is 10.3. The summed E-state index contributed by atoms with van der Waals surface area (Å²) in [5.74, 6) is 1.63.